The Morgan fingerprint density at radius 3 is 2.31 bits per heavy atom. The maximum atomic E-state index is 8.74. The Bertz CT molecular complexity index is 1710. The first-order chi connectivity index (χ1) is 21.7. The van der Waals surface area contributed by atoms with E-state index in [1.807, 2.05) is 0 Å². The van der Waals surface area contributed by atoms with Gasteiger partial charge in [-0.1, -0.05) is 84.2 Å². The lowest BCUT2D eigenvalue weighted by atomic mass is 9.81. The zero-order chi connectivity index (χ0) is 32.0. The van der Waals surface area contributed by atoms with Crippen molar-refractivity contribution in [2.45, 2.75) is 70.6 Å². The van der Waals surface area contributed by atoms with Gasteiger partial charge in [0.1, 0.15) is 6.54 Å². The van der Waals surface area contributed by atoms with Crippen molar-refractivity contribution in [3.63, 3.8) is 0 Å². The Morgan fingerprint density at radius 2 is 1.56 bits per heavy atom. The Labute approximate surface area is 271 Å². The second kappa shape index (κ2) is 13.8. The molecule has 0 bridgehead atoms. The van der Waals surface area contributed by atoms with Gasteiger partial charge in [-0.3, -0.25) is 0 Å². The van der Waals surface area contributed by atoms with Crippen molar-refractivity contribution in [1.82, 2.24) is 0 Å². The molecule has 9 heteroatoms. The van der Waals surface area contributed by atoms with Crippen molar-refractivity contribution in [2.24, 2.45) is 10.2 Å². The van der Waals surface area contributed by atoms with E-state index < -0.39 is 0 Å². The monoisotopic (exact) mass is 621 g/mol. The smallest absolute Gasteiger partial charge is 0.209 e. The number of benzene rings is 2. The fourth-order valence-electron chi connectivity index (χ4n) is 7.02. The summed E-state index contributed by atoms with van der Waals surface area (Å²) in [6, 6.07) is 17.1. The molecule has 0 N–H and O–H groups in total. The molecule has 3 aliphatic rings. The molecular weight excluding hydrogens is 580 g/mol. The maximum Gasteiger partial charge on any atom is 0.209 e. The van der Waals surface area contributed by atoms with Gasteiger partial charge in [-0.05, 0) is 79.4 Å². The highest BCUT2D eigenvalue weighted by Gasteiger charge is 2.44. The predicted molar refractivity (Wildman–Crippen MR) is 185 cm³/mol. The Balaban J connectivity index is 1.46. The molecule has 8 nitrogen and oxygen atoms in total. The average molecular weight is 622 g/mol. The normalized spacial score (nSPS) is 20.1. The Morgan fingerprint density at radius 1 is 0.867 bits per heavy atom. The van der Waals surface area contributed by atoms with Crippen LogP contribution in [0.15, 0.2) is 105 Å². The van der Waals surface area contributed by atoms with Gasteiger partial charge < -0.3 is 4.90 Å². The summed E-state index contributed by atoms with van der Waals surface area (Å²) in [6.45, 7) is 11.6. The maximum absolute atomic E-state index is 8.74. The molecule has 0 saturated heterocycles. The lowest BCUT2D eigenvalue weighted by Gasteiger charge is -2.27. The zero-order valence-corrected chi connectivity index (χ0v) is 27.5. The quantitative estimate of drug-likeness (QED) is 0.0804. The second-order valence-electron chi connectivity index (χ2n) is 12.9. The summed E-state index contributed by atoms with van der Waals surface area (Å²) in [5.41, 5.74) is 26.9. The number of fused-ring (bicyclic) bond motifs is 2. The molecule has 0 radical (unpaired) electrons. The molecule has 0 spiro atoms. The van der Waals surface area contributed by atoms with E-state index >= 15 is 0 Å². The fourth-order valence-corrected chi connectivity index (χ4v) is 7.33. The van der Waals surface area contributed by atoms with Crippen molar-refractivity contribution < 1.29 is 4.58 Å². The van der Waals surface area contributed by atoms with Gasteiger partial charge in [0, 0.05) is 75.4 Å². The van der Waals surface area contributed by atoms with Crippen molar-refractivity contribution >= 4 is 28.7 Å². The van der Waals surface area contributed by atoms with Gasteiger partial charge in [-0.2, -0.15) is 4.58 Å². The molecular formula is C36H42ClN8+. The first-order valence-corrected chi connectivity index (χ1v) is 16.2. The van der Waals surface area contributed by atoms with Gasteiger partial charge in [0.15, 0.2) is 5.71 Å². The van der Waals surface area contributed by atoms with E-state index in [0.29, 0.717) is 13.1 Å². The number of anilines is 1. The number of halogens is 1. The van der Waals surface area contributed by atoms with Crippen LogP contribution >= 0.6 is 11.6 Å². The molecule has 0 unspecified atom stereocenters. The van der Waals surface area contributed by atoms with Crippen LogP contribution in [0.25, 0.3) is 20.9 Å². The van der Waals surface area contributed by atoms with Gasteiger partial charge >= 0.3 is 0 Å². The first-order valence-electron chi connectivity index (χ1n) is 15.8. The highest BCUT2D eigenvalue weighted by Crippen LogP contribution is 2.48. The van der Waals surface area contributed by atoms with E-state index in [9.17, 15) is 0 Å². The van der Waals surface area contributed by atoms with Gasteiger partial charge in [0.25, 0.3) is 0 Å². The number of allylic oxidation sites excluding steroid dienone is 8. The predicted octanol–water partition coefficient (Wildman–Crippen LogP) is 10.3. The van der Waals surface area contributed by atoms with Gasteiger partial charge in [0.05, 0.1) is 5.41 Å². The van der Waals surface area contributed by atoms with E-state index in [2.05, 4.69) is 130 Å². The lowest BCUT2D eigenvalue weighted by Crippen LogP contribution is -2.28. The van der Waals surface area contributed by atoms with Gasteiger partial charge in [-0.15, -0.1) is 0 Å². The largest absolute Gasteiger partial charge is 0.344 e. The molecule has 0 fully saturated rings. The molecule has 0 saturated carbocycles. The lowest BCUT2D eigenvalue weighted by molar-refractivity contribution is -0.437. The summed E-state index contributed by atoms with van der Waals surface area (Å²) < 4.78 is 2.37. The third-order valence-electron chi connectivity index (χ3n) is 9.35. The zero-order valence-electron chi connectivity index (χ0n) is 26.7. The minimum atomic E-state index is -0.165. The van der Waals surface area contributed by atoms with Crippen LogP contribution in [0.3, 0.4) is 0 Å². The van der Waals surface area contributed by atoms with Crippen LogP contribution in [-0.4, -0.2) is 36.5 Å². The Kier molecular flexibility index (Phi) is 9.89. The highest BCUT2D eigenvalue weighted by molar-refractivity contribution is 6.32. The third kappa shape index (κ3) is 6.46. The summed E-state index contributed by atoms with van der Waals surface area (Å²) in [7, 11) is 0. The number of azide groups is 2. The van der Waals surface area contributed by atoms with Crippen LogP contribution in [0, 0.1) is 0 Å². The topological polar surface area (TPSA) is 104 Å². The number of hydrogen-bond donors (Lipinski definition) is 0. The number of hydrogen-bond acceptors (Lipinski definition) is 3. The van der Waals surface area contributed by atoms with Crippen LogP contribution in [0.1, 0.15) is 70.9 Å². The van der Waals surface area contributed by atoms with Crippen LogP contribution in [0.4, 0.5) is 11.4 Å². The van der Waals surface area contributed by atoms with Crippen molar-refractivity contribution in [3.8, 4) is 0 Å². The molecule has 1 aliphatic carbocycles. The average Bonchev–Trinajstić information content (AvgIpc) is 3.38. The SMILES string of the molecule is CC1(C)C(=CC=C2CCCC(C=CC3=[N+](CCCN=[N+]=[N-])c4ccccc4C3(C)C)=C2Cl)N(CCCN=[N+]=[N-])c2ccccc21. The minimum absolute atomic E-state index is 0.165. The molecule has 2 aromatic rings. The van der Waals surface area contributed by atoms with Crippen molar-refractivity contribution in [3.05, 3.63) is 127 Å². The van der Waals surface area contributed by atoms with Crippen LogP contribution in [0.2, 0.25) is 0 Å². The van der Waals surface area contributed by atoms with Crippen molar-refractivity contribution in [2.75, 3.05) is 31.1 Å². The van der Waals surface area contributed by atoms with E-state index in [1.165, 1.54) is 33.9 Å². The third-order valence-corrected chi connectivity index (χ3v) is 9.83. The van der Waals surface area contributed by atoms with Crippen molar-refractivity contribution in [1.29, 1.82) is 0 Å². The van der Waals surface area contributed by atoms with Crippen LogP contribution in [0.5, 0.6) is 0 Å². The minimum Gasteiger partial charge on any atom is -0.344 e. The van der Waals surface area contributed by atoms with Gasteiger partial charge in [-0.25, -0.2) is 0 Å². The first kappa shape index (κ1) is 32.2. The Hall–Kier alpha value is -4.22. The fraction of sp³-hybridized carbons (Fsp3) is 0.417. The molecule has 232 valence electrons. The number of para-hydroxylation sites is 2. The summed E-state index contributed by atoms with van der Waals surface area (Å²) in [5, 5.41) is 8.34. The van der Waals surface area contributed by atoms with E-state index in [0.717, 1.165) is 61.4 Å². The summed E-state index contributed by atoms with van der Waals surface area (Å²) in [5.74, 6) is 0. The molecule has 5 rings (SSSR count). The van der Waals surface area contributed by atoms with Crippen LogP contribution in [-0.2, 0) is 10.8 Å². The highest BCUT2D eigenvalue weighted by atomic mass is 35.5. The summed E-state index contributed by atoms with van der Waals surface area (Å²) >= 11 is 7.15. The molecule has 2 heterocycles. The molecule has 2 aromatic carbocycles. The molecule has 0 aromatic heterocycles. The molecule has 45 heavy (non-hydrogen) atoms. The molecule has 2 aliphatic heterocycles. The molecule has 0 amide bonds. The van der Waals surface area contributed by atoms with Gasteiger partial charge in [0.2, 0.25) is 5.69 Å². The van der Waals surface area contributed by atoms with E-state index in [1.54, 1.807) is 0 Å². The van der Waals surface area contributed by atoms with E-state index in [4.69, 9.17) is 22.7 Å². The van der Waals surface area contributed by atoms with Crippen LogP contribution < -0.4 is 4.90 Å². The second-order valence-corrected chi connectivity index (χ2v) is 13.2. The standard InChI is InChI=1S/C36H42ClN8/c1-35(2)28-14-5-7-16-30(28)44(24-10-22-40-42-38)32(35)20-18-26-12-9-13-27(34(26)37)19-21-33-36(3,4)29-15-6-8-17-31(29)45(33)25-11-23-41-43-39/h5-8,14-21H,9-13,22-25H2,1-4H3/q+1. The number of nitrogens with zero attached hydrogens (tertiary/aromatic N) is 8. The summed E-state index contributed by atoms with van der Waals surface area (Å²) in [4.78, 5) is 8.22. The summed E-state index contributed by atoms with van der Waals surface area (Å²) in [6.07, 6.45) is 13.4. The van der Waals surface area contributed by atoms with E-state index in [-0.39, 0.29) is 10.8 Å². The molecule has 0 atom stereocenters. The number of rotatable bonds is 11.